The van der Waals surface area contributed by atoms with Gasteiger partial charge in [-0.1, -0.05) is 12.8 Å². The average molecular weight is 339 g/mol. The molecule has 128 valence electrons. The third-order valence-electron chi connectivity index (χ3n) is 5.27. The summed E-state index contributed by atoms with van der Waals surface area (Å²) < 4.78 is 35.0. The smallest absolute Gasteiger partial charge is 0.217 e. The second-order valence-electron chi connectivity index (χ2n) is 7.15. The summed E-state index contributed by atoms with van der Waals surface area (Å²) in [4.78, 5) is 0. The predicted molar refractivity (Wildman–Crippen MR) is 86.3 cm³/mol. The van der Waals surface area contributed by atoms with Crippen molar-refractivity contribution >= 4 is 10.0 Å². The molecule has 3 aliphatic rings. The van der Waals surface area contributed by atoms with Crippen molar-refractivity contribution in [3.63, 3.8) is 0 Å². The average Bonchev–Trinajstić information content (AvgIpc) is 3.17. The zero-order chi connectivity index (χ0) is 15.9. The molecule has 1 aliphatic heterocycles. The maximum atomic E-state index is 12.7. The fraction of sp³-hybridized carbons (Fsp3) is 0.812. The van der Waals surface area contributed by atoms with Crippen LogP contribution >= 0.6 is 0 Å². The molecule has 6 nitrogen and oxygen atoms in total. The van der Waals surface area contributed by atoms with Gasteiger partial charge in [-0.25, -0.2) is 8.42 Å². The van der Waals surface area contributed by atoms with E-state index in [1.165, 1.54) is 25.7 Å². The number of ether oxygens (including phenoxy) is 1. The molecule has 0 radical (unpaired) electrons. The first-order valence-corrected chi connectivity index (χ1v) is 10.2. The van der Waals surface area contributed by atoms with Gasteiger partial charge < -0.3 is 4.74 Å². The second-order valence-corrected chi connectivity index (χ2v) is 9.36. The van der Waals surface area contributed by atoms with E-state index in [-0.39, 0.29) is 11.4 Å². The molecule has 0 spiro atoms. The lowest BCUT2D eigenvalue weighted by Gasteiger charge is -2.24. The lowest BCUT2D eigenvalue weighted by Crippen LogP contribution is -2.39. The van der Waals surface area contributed by atoms with Crippen LogP contribution in [0.2, 0.25) is 0 Å². The lowest BCUT2D eigenvalue weighted by atomic mass is 10.1. The van der Waals surface area contributed by atoms with Crippen molar-refractivity contribution in [2.75, 3.05) is 13.2 Å². The van der Waals surface area contributed by atoms with Crippen LogP contribution in [0.1, 0.15) is 44.2 Å². The predicted octanol–water partition coefficient (Wildman–Crippen LogP) is 1.77. The van der Waals surface area contributed by atoms with Crippen LogP contribution in [0.4, 0.5) is 0 Å². The fourth-order valence-corrected chi connectivity index (χ4v) is 5.55. The fourth-order valence-electron chi connectivity index (χ4n) is 3.71. The minimum absolute atomic E-state index is 0.106. The zero-order valence-electron chi connectivity index (χ0n) is 13.4. The van der Waals surface area contributed by atoms with E-state index in [2.05, 4.69) is 5.10 Å². The van der Waals surface area contributed by atoms with Crippen molar-refractivity contribution in [2.45, 2.75) is 63.0 Å². The maximum Gasteiger partial charge on any atom is 0.217 e. The first kappa shape index (κ1) is 15.6. The van der Waals surface area contributed by atoms with Gasteiger partial charge in [-0.15, -0.1) is 0 Å². The molecule has 2 aliphatic carbocycles. The topological polar surface area (TPSA) is 64.4 Å². The summed E-state index contributed by atoms with van der Waals surface area (Å²) in [7, 11) is -3.19. The Balaban J connectivity index is 1.49. The van der Waals surface area contributed by atoms with Crippen LogP contribution in [0.15, 0.2) is 12.3 Å². The van der Waals surface area contributed by atoms with Gasteiger partial charge in [0.2, 0.25) is 10.0 Å². The maximum absolute atomic E-state index is 12.7. The van der Waals surface area contributed by atoms with Crippen molar-refractivity contribution in [3.8, 4) is 0 Å². The molecule has 0 saturated heterocycles. The molecule has 0 bridgehead atoms. The number of rotatable bonds is 5. The van der Waals surface area contributed by atoms with Crippen LogP contribution in [-0.2, 0) is 27.8 Å². The molecule has 2 saturated carbocycles. The van der Waals surface area contributed by atoms with Gasteiger partial charge in [0.05, 0.1) is 30.1 Å². The summed E-state index contributed by atoms with van der Waals surface area (Å²) >= 11 is 0. The quantitative estimate of drug-likeness (QED) is 0.820. The van der Waals surface area contributed by atoms with Crippen LogP contribution in [0, 0.1) is 5.92 Å². The van der Waals surface area contributed by atoms with Crippen molar-refractivity contribution in [3.05, 3.63) is 18.0 Å². The molecular weight excluding hydrogens is 314 g/mol. The van der Waals surface area contributed by atoms with Gasteiger partial charge in [-0.3, -0.25) is 4.68 Å². The Morgan fingerprint density at radius 2 is 1.96 bits per heavy atom. The summed E-state index contributed by atoms with van der Waals surface area (Å²) in [6, 6.07) is 1.91. The summed E-state index contributed by atoms with van der Waals surface area (Å²) in [5.41, 5.74) is 0.959. The van der Waals surface area contributed by atoms with Gasteiger partial charge in [-0.2, -0.15) is 9.40 Å². The van der Waals surface area contributed by atoms with Crippen LogP contribution in [-0.4, -0.2) is 47.0 Å². The number of hydrogen-bond acceptors (Lipinski definition) is 4. The monoisotopic (exact) mass is 339 g/mol. The molecule has 2 fully saturated rings. The molecular formula is C16H25N3O3S. The Labute approximate surface area is 137 Å². The van der Waals surface area contributed by atoms with E-state index in [9.17, 15) is 8.42 Å². The van der Waals surface area contributed by atoms with Crippen LogP contribution in [0.25, 0.3) is 0 Å². The minimum atomic E-state index is -3.19. The van der Waals surface area contributed by atoms with E-state index in [1.807, 2.05) is 10.7 Å². The Bertz CT molecular complexity index is 647. The standard InChI is InChI=1S/C16H25N3O3S/c20-23(21,16-5-6-16)18-9-14-7-8-17-19(14)11-15(10-18)22-12-13-3-1-2-4-13/h7-8,13,15-16H,1-6,9-12H2/t15-/m1/s1. The van der Waals surface area contributed by atoms with Crippen LogP contribution in [0.3, 0.4) is 0 Å². The Hall–Kier alpha value is -0.920. The molecule has 1 atom stereocenters. The Morgan fingerprint density at radius 1 is 1.17 bits per heavy atom. The number of nitrogens with zero attached hydrogens (tertiary/aromatic N) is 3. The van der Waals surface area contributed by atoms with Crippen LogP contribution in [0.5, 0.6) is 0 Å². The number of fused-ring (bicyclic) bond motifs is 1. The number of hydrogen-bond donors (Lipinski definition) is 0. The zero-order valence-corrected chi connectivity index (χ0v) is 14.2. The third-order valence-corrected chi connectivity index (χ3v) is 7.59. The van der Waals surface area contributed by atoms with Crippen molar-refractivity contribution in [2.24, 2.45) is 5.92 Å². The molecule has 4 rings (SSSR count). The highest BCUT2D eigenvalue weighted by atomic mass is 32.2. The molecule has 0 N–H and O–H groups in total. The van der Waals surface area contributed by atoms with Gasteiger partial charge in [0.15, 0.2) is 0 Å². The lowest BCUT2D eigenvalue weighted by molar-refractivity contribution is 0.0123. The molecule has 0 amide bonds. The minimum Gasteiger partial charge on any atom is -0.375 e. The van der Waals surface area contributed by atoms with Crippen molar-refractivity contribution in [1.29, 1.82) is 0 Å². The molecule has 1 aromatic heterocycles. The van der Waals surface area contributed by atoms with Gasteiger partial charge in [0.1, 0.15) is 0 Å². The van der Waals surface area contributed by atoms with E-state index in [4.69, 9.17) is 4.74 Å². The summed E-state index contributed by atoms with van der Waals surface area (Å²) in [5.74, 6) is 0.642. The highest BCUT2D eigenvalue weighted by Crippen LogP contribution is 2.33. The SMILES string of the molecule is O=S(=O)(C1CC1)N1Cc2ccnn2C[C@H](OCC2CCCC2)C1. The van der Waals surface area contributed by atoms with E-state index >= 15 is 0 Å². The molecule has 0 aromatic carbocycles. The van der Waals surface area contributed by atoms with Crippen LogP contribution < -0.4 is 0 Å². The summed E-state index contributed by atoms with van der Waals surface area (Å²) in [6.07, 6.45) is 8.31. The number of sulfonamides is 1. The molecule has 2 heterocycles. The van der Waals surface area contributed by atoms with Gasteiger partial charge in [0, 0.05) is 19.3 Å². The highest BCUT2D eigenvalue weighted by molar-refractivity contribution is 7.90. The van der Waals surface area contributed by atoms with E-state index in [0.29, 0.717) is 25.6 Å². The largest absolute Gasteiger partial charge is 0.375 e. The van der Waals surface area contributed by atoms with Crippen molar-refractivity contribution in [1.82, 2.24) is 14.1 Å². The molecule has 1 aromatic rings. The second kappa shape index (κ2) is 6.18. The third kappa shape index (κ3) is 3.32. The normalized spacial score (nSPS) is 27.0. The number of aromatic nitrogens is 2. The van der Waals surface area contributed by atoms with Crippen molar-refractivity contribution < 1.29 is 13.2 Å². The first-order valence-electron chi connectivity index (χ1n) is 8.74. The van der Waals surface area contributed by atoms with E-state index < -0.39 is 10.0 Å². The molecule has 7 heteroatoms. The van der Waals surface area contributed by atoms with E-state index in [1.54, 1.807) is 10.5 Å². The summed E-state index contributed by atoms with van der Waals surface area (Å²) in [5, 5.41) is 4.17. The van der Waals surface area contributed by atoms with Gasteiger partial charge in [0.25, 0.3) is 0 Å². The van der Waals surface area contributed by atoms with Gasteiger partial charge in [-0.05, 0) is 37.7 Å². The Morgan fingerprint density at radius 3 is 2.70 bits per heavy atom. The highest BCUT2D eigenvalue weighted by Gasteiger charge is 2.42. The van der Waals surface area contributed by atoms with E-state index in [0.717, 1.165) is 25.1 Å². The molecule has 23 heavy (non-hydrogen) atoms. The summed E-state index contributed by atoms with van der Waals surface area (Å²) in [6.45, 7) is 2.27. The first-order chi connectivity index (χ1) is 11.1. The van der Waals surface area contributed by atoms with Gasteiger partial charge >= 0.3 is 0 Å². The molecule has 0 unspecified atom stereocenters. The Kier molecular flexibility index (Phi) is 4.19.